The summed E-state index contributed by atoms with van der Waals surface area (Å²) >= 11 is 0. The summed E-state index contributed by atoms with van der Waals surface area (Å²) in [5.74, 6) is -1.93. The van der Waals surface area contributed by atoms with Gasteiger partial charge >= 0.3 is 6.18 Å². The smallest absolute Gasteiger partial charge is 0.424 e. The van der Waals surface area contributed by atoms with E-state index in [0.717, 1.165) is 31.0 Å². The van der Waals surface area contributed by atoms with E-state index in [1.807, 2.05) is 0 Å². The summed E-state index contributed by atoms with van der Waals surface area (Å²) in [4.78, 5) is 30.0. The van der Waals surface area contributed by atoms with Crippen molar-refractivity contribution < 1.29 is 46.5 Å². The fourth-order valence-corrected chi connectivity index (χ4v) is 5.53. The highest BCUT2D eigenvalue weighted by Crippen LogP contribution is 2.56. The summed E-state index contributed by atoms with van der Waals surface area (Å²) in [6, 6.07) is 9.95. The van der Waals surface area contributed by atoms with Gasteiger partial charge in [0.15, 0.2) is 11.5 Å². The van der Waals surface area contributed by atoms with Gasteiger partial charge in [0.05, 0.1) is 25.5 Å². The molecule has 2 fully saturated rings. The Morgan fingerprint density at radius 1 is 1.09 bits per heavy atom. The summed E-state index contributed by atoms with van der Waals surface area (Å²) < 4.78 is 74.9. The molecule has 6 rings (SSSR count). The molecule has 0 spiro atoms. The number of halogens is 4. The second-order valence-electron chi connectivity index (χ2n) is 11.4. The minimum Gasteiger partial charge on any atom is -0.493 e. The van der Waals surface area contributed by atoms with Gasteiger partial charge in [-0.15, -0.1) is 0 Å². The summed E-state index contributed by atoms with van der Waals surface area (Å²) in [5.41, 5.74) is -0.133. The molecule has 0 radical (unpaired) electrons. The Balaban J connectivity index is 1.39. The third kappa shape index (κ3) is 5.08. The first-order valence-electron chi connectivity index (χ1n) is 14.0. The summed E-state index contributed by atoms with van der Waals surface area (Å²) in [6.45, 7) is -1.54. The molecule has 2 saturated carbocycles. The number of carbonyl (C=O) groups excluding carboxylic acids is 2. The first-order chi connectivity index (χ1) is 20.9. The van der Waals surface area contributed by atoms with Crippen LogP contribution in [0.5, 0.6) is 17.2 Å². The maximum atomic E-state index is 14.8. The highest BCUT2D eigenvalue weighted by Gasteiger charge is 2.60. The molecule has 2 aromatic carbocycles. The zero-order chi connectivity index (χ0) is 31.4. The van der Waals surface area contributed by atoms with Crippen LogP contribution in [0.4, 0.5) is 17.6 Å². The number of primary amides is 1. The molecule has 9 nitrogen and oxygen atoms in total. The van der Waals surface area contributed by atoms with Crippen molar-refractivity contribution in [2.24, 2.45) is 11.7 Å². The van der Waals surface area contributed by atoms with E-state index in [9.17, 15) is 32.3 Å². The van der Waals surface area contributed by atoms with Gasteiger partial charge < -0.3 is 30.4 Å². The Hall–Kier alpha value is -4.39. The van der Waals surface area contributed by atoms with Crippen molar-refractivity contribution in [3.05, 3.63) is 71.2 Å². The normalized spacial score (nSPS) is 20.7. The van der Waals surface area contributed by atoms with Gasteiger partial charge in [0.25, 0.3) is 5.91 Å². The average Bonchev–Trinajstić information content (AvgIpc) is 3.94. The fraction of sp³-hybridized carbons (Fsp3) is 0.387. The highest BCUT2D eigenvalue weighted by atomic mass is 19.4. The Labute approximate surface area is 249 Å². The van der Waals surface area contributed by atoms with Crippen LogP contribution < -0.4 is 25.3 Å². The number of aliphatic hydroxyl groups is 1. The molecule has 44 heavy (non-hydrogen) atoms. The number of carbonyl (C=O) groups is 2. The van der Waals surface area contributed by atoms with Crippen molar-refractivity contribution in [2.75, 3.05) is 20.3 Å². The van der Waals surface area contributed by atoms with Crippen LogP contribution in [-0.4, -0.2) is 54.4 Å². The lowest BCUT2D eigenvalue weighted by molar-refractivity contribution is -0.265. The SMILES string of the molecule is COc1cc(C(=O)NCC(O)(c2cc3c(c(-c4ccc(F)cc4)n2)OC[C@]3(C(N)=O)C2CC2)C(F)(F)F)ccc1OC1CC1. The van der Waals surface area contributed by atoms with E-state index in [0.29, 0.717) is 18.6 Å². The van der Waals surface area contributed by atoms with Crippen molar-refractivity contribution >= 4 is 11.8 Å². The van der Waals surface area contributed by atoms with Crippen LogP contribution in [-0.2, 0) is 15.8 Å². The van der Waals surface area contributed by atoms with Crippen LogP contribution in [0.1, 0.15) is 47.3 Å². The number of nitrogens with one attached hydrogen (secondary N) is 1. The standard InChI is InChI=1S/C31H29F4N3O6/c1-42-23-12-17(4-11-22(23)44-20-9-10-20)27(39)37-14-30(41,31(33,34)35)24-13-21-26(25(38-24)16-2-7-19(32)8-3-16)43-15-29(21,28(36)40)18-5-6-18/h2-4,7-8,11-13,18,20,41H,5-6,9-10,14-15H2,1H3,(H2,36,40)(H,37,39)/t29-,30?/m0/s1. The minimum absolute atomic E-state index is 0.0280. The van der Waals surface area contributed by atoms with Gasteiger partial charge in [-0.05, 0) is 80.1 Å². The molecule has 232 valence electrons. The van der Waals surface area contributed by atoms with Crippen molar-refractivity contribution in [1.82, 2.24) is 10.3 Å². The molecule has 13 heteroatoms. The van der Waals surface area contributed by atoms with Crippen LogP contribution in [0.15, 0.2) is 48.5 Å². The number of methoxy groups -OCH3 is 1. The number of alkyl halides is 3. The first-order valence-corrected chi connectivity index (χ1v) is 14.0. The van der Waals surface area contributed by atoms with Crippen molar-refractivity contribution in [3.63, 3.8) is 0 Å². The number of hydrogen-bond acceptors (Lipinski definition) is 7. The second-order valence-corrected chi connectivity index (χ2v) is 11.4. The van der Waals surface area contributed by atoms with E-state index in [1.54, 1.807) is 0 Å². The maximum Gasteiger partial charge on any atom is 0.424 e. The van der Waals surface area contributed by atoms with Crippen LogP contribution >= 0.6 is 0 Å². The molecule has 0 bridgehead atoms. The average molecular weight is 616 g/mol. The van der Waals surface area contributed by atoms with Gasteiger partial charge in [0.1, 0.15) is 29.3 Å². The summed E-state index contributed by atoms with van der Waals surface area (Å²) in [7, 11) is 1.37. The number of hydrogen-bond donors (Lipinski definition) is 3. The first kappa shape index (κ1) is 29.7. The van der Waals surface area contributed by atoms with Gasteiger partial charge in [-0.1, -0.05) is 0 Å². The molecule has 2 amide bonds. The molecule has 2 heterocycles. The Morgan fingerprint density at radius 2 is 1.80 bits per heavy atom. The van der Waals surface area contributed by atoms with Crippen LogP contribution in [0, 0.1) is 11.7 Å². The monoisotopic (exact) mass is 615 g/mol. The molecular formula is C31H29F4N3O6. The molecule has 1 unspecified atom stereocenters. The number of aromatic nitrogens is 1. The van der Waals surface area contributed by atoms with Gasteiger partial charge in [-0.2, -0.15) is 13.2 Å². The summed E-state index contributed by atoms with van der Waals surface area (Å²) in [6.07, 6.45) is -2.33. The van der Waals surface area contributed by atoms with E-state index < -0.39 is 47.1 Å². The zero-order valence-corrected chi connectivity index (χ0v) is 23.5. The molecule has 0 saturated heterocycles. The summed E-state index contributed by atoms with van der Waals surface area (Å²) in [5, 5.41) is 13.5. The highest BCUT2D eigenvalue weighted by molar-refractivity contribution is 5.95. The van der Waals surface area contributed by atoms with E-state index >= 15 is 0 Å². The number of fused-ring (bicyclic) bond motifs is 1. The third-order valence-electron chi connectivity index (χ3n) is 8.37. The van der Waals surface area contributed by atoms with Crippen LogP contribution in [0.25, 0.3) is 11.3 Å². The molecule has 2 atom stereocenters. The lowest BCUT2D eigenvalue weighted by Crippen LogP contribution is -2.52. The fourth-order valence-electron chi connectivity index (χ4n) is 5.53. The van der Waals surface area contributed by atoms with E-state index in [-0.39, 0.29) is 52.5 Å². The Morgan fingerprint density at radius 3 is 2.39 bits per heavy atom. The molecule has 2 aliphatic carbocycles. The number of amides is 2. The molecule has 4 N–H and O–H groups in total. The van der Waals surface area contributed by atoms with E-state index in [1.165, 1.54) is 37.4 Å². The number of ether oxygens (including phenoxy) is 3. The number of pyridine rings is 1. The van der Waals surface area contributed by atoms with Crippen LogP contribution in [0.2, 0.25) is 0 Å². The largest absolute Gasteiger partial charge is 0.493 e. The van der Waals surface area contributed by atoms with Gasteiger partial charge in [-0.25, -0.2) is 9.37 Å². The lowest BCUT2D eigenvalue weighted by Gasteiger charge is -2.32. The van der Waals surface area contributed by atoms with Gasteiger partial charge in [0.2, 0.25) is 11.5 Å². The molecule has 1 aliphatic heterocycles. The minimum atomic E-state index is -5.34. The van der Waals surface area contributed by atoms with Gasteiger partial charge in [0, 0.05) is 16.7 Å². The van der Waals surface area contributed by atoms with Crippen molar-refractivity contribution in [1.29, 1.82) is 0 Å². The zero-order valence-electron chi connectivity index (χ0n) is 23.5. The number of rotatable bonds is 10. The maximum absolute atomic E-state index is 14.8. The quantitative estimate of drug-likeness (QED) is 0.292. The van der Waals surface area contributed by atoms with Crippen molar-refractivity contribution in [2.45, 2.75) is 49.0 Å². The lowest BCUT2D eigenvalue weighted by atomic mass is 9.76. The van der Waals surface area contributed by atoms with Crippen molar-refractivity contribution in [3.8, 4) is 28.5 Å². The molecule has 1 aromatic heterocycles. The second kappa shape index (κ2) is 10.7. The Bertz CT molecular complexity index is 1620. The van der Waals surface area contributed by atoms with Crippen LogP contribution in [0.3, 0.4) is 0 Å². The third-order valence-corrected chi connectivity index (χ3v) is 8.37. The molecule has 3 aliphatic rings. The predicted octanol–water partition coefficient (Wildman–Crippen LogP) is 4.14. The number of nitrogens with two attached hydrogens (primary N) is 1. The predicted molar refractivity (Wildman–Crippen MR) is 148 cm³/mol. The number of benzene rings is 2. The Kier molecular flexibility index (Phi) is 7.18. The number of nitrogens with zero attached hydrogens (tertiary/aromatic N) is 1. The molecular weight excluding hydrogens is 586 g/mol. The van der Waals surface area contributed by atoms with Gasteiger partial charge in [-0.3, -0.25) is 9.59 Å². The topological polar surface area (TPSA) is 133 Å². The molecule has 3 aromatic rings. The van der Waals surface area contributed by atoms with E-state index in [2.05, 4.69) is 10.3 Å². The van der Waals surface area contributed by atoms with E-state index in [4.69, 9.17) is 19.9 Å².